The van der Waals surface area contributed by atoms with Crippen molar-refractivity contribution in [3.05, 3.63) is 125 Å². The van der Waals surface area contributed by atoms with Crippen molar-refractivity contribution in [2.24, 2.45) is 5.73 Å². The summed E-state index contributed by atoms with van der Waals surface area (Å²) in [5.41, 5.74) is 8.89. The number of benzene rings is 4. The summed E-state index contributed by atoms with van der Waals surface area (Å²) in [6.45, 7) is 0.128. The summed E-state index contributed by atoms with van der Waals surface area (Å²) in [5.74, 6) is -0.474. The summed E-state index contributed by atoms with van der Waals surface area (Å²) < 4.78 is 11.6. The van der Waals surface area contributed by atoms with Crippen LogP contribution in [-0.4, -0.2) is 36.3 Å². The average molecular weight is 553 g/mol. The van der Waals surface area contributed by atoms with Gasteiger partial charge in [0.2, 0.25) is 0 Å². The topological polar surface area (TPSA) is 147 Å². The molecule has 2 atom stereocenters. The van der Waals surface area contributed by atoms with E-state index >= 15 is 0 Å². The number of anilines is 1. The zero-order chi connectivity index (χ0) is 29.2. The lowest BCUT2D eigenvalue weighted by Gasteiger charge is -2.22. The second kappa shape index (κ2) is 13.8. The van der Waals surface area contributed by atoms with E-state index in [1.807, 2.05) is 30.3 Å². The Morgan fingerprint density at radius 2 is 1.51 bits per heavy atom. The number of carbonyl (C=O) groups is 2. The molecule has 4 rings (SSSR count). The number of methoxy groups -OCH3 is 1. The molecular formula is C32H32N4O5. The molecule has 0 radical (unpaired) electrons. The zero-order valence-electron chi connectivity index (χ0n) is 22.5. The first-order valence-electron chi connectivity index (χ1n) is 12.9. The molecule has 0 amide bonds. The van der Waals surface area contributed by atoms with Crippen molar-refractivity contribution >= 4 is 23.3 Å². The maximum atomic E-state index is 13.6. The number of hydrogen-bond donors (Lipinski definition) is 5. The first kappa shape index (κ1) is 28.8. The Morgan fingerprint density at radius 1 is 0.854 bits per heavy atom. The molecule has 0 spiro atoms. The summed E-state index contributed by atoms with van der Waals surface area (Å²) >= 11 is 0. The minimum absolute atomic E-state index is 0.0650. The molecule has 0 heterocycles. The van der Waals surface area contributed by atoms with E-state index in [2.05, 4.69) is 10.6 Å². The lowest BCUT2D eigenvalue weighted by Crippen LogP contribution is -2.36. The lowest BCUT2D eigenvalue weighted by atomic mass is 10.00. The second-order valence-electron chi connectivity index (χ2n) is 9.28. The van der Waals surface area contributed by atoms with Crippen LogP contribution in [0.3, 0.4) is 0 Å². The van der Waals surface area contributed by atoms with Crippen LogP contribution in [0.25, 0.3) is 0 Å². The van der Waals surface area contributed by atoms with Gasteiger partial charge in [0.15, 0.2) is 17.3 Å². The summed E-state index contributed by atoms with van der Waals surface area (Å²) in [6.07, 6.45) is 0. The molecule has 0 unspecified atom stereocenters. The van der Waals surface area contributed by atoms with Gasteiger partial charge in [-0.15, -0.1) is 0 Å². The van der Waals surface area contributed by atoms with E-state index in [0.29, 0.717) is 40.5 Å². The Labute approximate surface area is 238 Å². The van der Waals surface area contributed by atoms with Crippen molar-refractivity contribution in [1.82, 2.24) is 5.32 Å². The van der Waals surface area contributed by atoms with Crippen molar-refractivity contribution in [2.75, 3.05) is 19.0 Å². The van der Waals surface area contributed by atoms with E-state index in [9.17, 15) is 14.7 Å². The number of ether oxygens (including phenoxy) is 2. The lowest BCUT2D eigenvalue weighted by molar-refractivity contribution is -0.139. The third kappa shape index (κ3) is 7.71. The average Bonchev–Trinajstić information content (AvgIpc) is 3.00. The van der Waals surface area contributed by atoms with Crippen molar-refractivity contribution in [1.29, 1.82) is 5.41 Å². The van der Waals surface area contributed by atoms with Gasteiger partial charge in [-0.3, -0.25) is 20.3 Å². The van der Waals surface area contributed by atoms with Crippen LogP contribution in [0, 0.1) is 5.41 Å². The predicted octanol–water partition coefficient (Wildman–Crippen LogP) is 4.70. The second-order valence-corrected chi connectivity index (χ2v) is 9.28. The first-order valence-corrected chi connectivity index (χ1v) is 12.9. The number of carboxylic acid groups (broad SMARTS) is 1. The minimum Gasteiger partial charge on any atom is -0.493 e. The maximum Gasteiger partial charge on any atom is 0.325 e. The fourth-order valence-corrected chi connectivity index (χ4v) is 4.28. The summed E-state index contributed by atoms with van der Waals surface area (Å²) in [4.78, 5) is 25.6. The van der Waals surface area contributed by atoms with E-state index in [0.717, 1.165) is 5.56 Å². The molecule has 0 saturated heterocycles. The van der Waals surface area contributed by atoms with Gasteiger partial charge in [0, 0.05) is 11.3 Å². The monoisotopic (exact) mass is 552 g/mol. The van der Waals surface area contributed by atoms with Crippen molar-refractivity contribution in [2.45, 2.75) is 18.7 Å². The van der Waals surface area contributed by atoms with Crippen molar-refractivity contribution in [3.63, 3.8) is 0 Å². The number of hydrogen-bond acceptors (Lipinski definition) is 7. The SMILES string of the molecule is COc1cc([C@H](Nc2ccc(C(=N)N)cc2)C(=O)CN[C@H](C(=O)O)c2ccccc2)ccc1OCc1ccccc1. The number of nitrogen functional groups attached to an aromatic ring is 1. The molecule has 0 saturated carbocycles. The largest absolute Gasteiger partial charge is 0.493 e. The predicted molar refractivity (Wildman–Crippen MR) is 157 cm³/mol. The zero-order valence-corrected chi connectivity index (χ0v) is 22.5. The molecule has 0 aliphatic heterocycles. The van der Waals surface area contributed by atoms with Crippen molar-refractivity contribution < 1.29 is 24.2 Å². The minimum atomic E-state index is -1.09. The molecule has 9 heteroatoms. The van der Waals surface area contributed by atoms with Gasteiger partial charge in [0.05, 0.1) is 13.7 Å². The molecular weight excluding hydrogens is 520 g/mol. The van der Waals surface area contributed by atoms with Crippen LogP contribution >= 0.6 is 0 Å². The smallest absolute Gasteiger partial charge is 0.325 e. The fraction of sp³-hybridized carbons (Fsp3) is 0.156. The summed E-state index contributed by atoms with van der Waals surface area (Å²) in [6, 6.07) is 28.6. The van der Waals surface area contributed by atoms with Crippen LogP contribution in [-0.2, 0) is 16.2 Å². The van der Waals surface area contributed by atoms with Gasteiger partial charge in [0.1, 0.15) is 24.5 Å². The van der Waals surface area contributed by atoms with Crippen LogP contribution in [0.5, 0.6) is 11.5 Å². The highest BCUT2D eigenvalue weighted by Gasteiger charge is 2.26. The Bertz CT molecular complexity index is 1480. The number of Topliss-reactive ketones (excluding diaryl/α,β-unsaturated/α-hetero) is 1. The Morgan fingerprint density at radius 3 is 2.12 bits per heavy atom. The quantitative estimate of drug-likeness (QED) is 0.112. The molecule has 41 heavy (non-hydrogen) atoms. The van der Waals surface area contributed by atoms with Gasteiger partial charge in [0.25, 0.3) is 0 Å². The normalized spacial score (nSPS) is 12.1. The summed E-state index contributed by atoms with van der Waals surface area (Å²) in [5, 5.41) is 23.5. The number of nitrogens with two attached hydrogens (primary N) is 1. The Hall–Kier alpha value is -5.15. The number of amidine groups is 1. The molecule has 0 fully saturated rings. The first-order chi connectivity index (χ1) is 19.9. The van der Waals surface area contributed by atoms with E-state index < -0.39 is 18.1 Å². The van der Waals surface area contributed by atoms with Crippen LogP contribution in [0.4, 0.5) is 5.69 Å². The van der Waals surface area contributed by atoms with Gasteiger partial charge >= 0.3 is 5.97 Å². The van der Waals surface area contributed by atoms with Gasteiger partial charge < -0.3 is 25.6 Å². The Kier molecular flexibility index (Phi) is 9.69. The van der Waals surface area contributed by atoms with Gasteiger partial charge in [-0.05, 0) is 53.1 Å². The number of carbonyl (C=O) groups excluding carboxylic acids is 1. The molecule has 6 N–H and O–H groups in total. The molecule has 9 nitrogen and oxygen atoms in total. The highest BCUT2D eigenvalue weighted by Crippen LogP contribution is 2.32. The standard InChI is InChI=1S/C32H32N4O5/c1-40-28-18-24(14-17-27(28)41-20-21-8-4-2-5-9-21)29(36-25-15-12-23(13-16-25)31(33)34)26(37)19-35-30(32(38)39)22-10-6-3-7-11-22/h2-18,29-30,35-36H,19-20H2,1H3,(H3,33,34)(H,38,39)/t29-,30-/m0/s1. The van der Waals surface area contributed by atoms with Crippen LogP contribution in [0.1, 0.15) is 34.3 Å². The number of carboxylic acids is 1. The number of nitrogens with one attached hydrogen (secondary N) is 3. The van der Waals surface area contributed by atoms with Gasteiger partial charge in [-0.1, -0.05) is 66.7 Å². The molecule has 0 bridgehead atoms. The van der Waals surface area contributed by atoms with Crippen LogP contribution in [0.2, 0.25) is 0 Å². The van der Waals surface area contributed by atoms with E-state index in [1.54, 1.807) is 72.8 Å². The third-order valence-electron chi connectivity index (χ3n) is 6.45. The molecule has 210 valence electrons. The van der Waals surface area contributed by atoms with Crippen LogP contribution < -0.4 is 25.8 Å². The Balaban J connectivity index is 1.59. The third-order valence-corrected chi connectivity index (χ3v) is 6.45. The molecule has 0 aliphatic carbocycles. The molecule has 4 aromatic carbocycles. The van der Waals surface area contributed by atoms with Gasteiger partial charge in [-0.25, -0.2) is 0 Å². The number of rotatable bonds is 14. The fourth-order valence-electron chi connectivity index (χ4n) is 4.28. The number of aliphatic carboxylic acids is 1. The number of ketones is 1. The van der Waals surface area contributed by atoms with Crippen LogP contribution in [0.15, 0.2) is 103 Å². The highest BCUT2D eigenvalue weighted by atomic mass is 16.5. The summed E-state index contributed by atoms with van der Waals surface area (Å²) in [7, 11) is 1.53. The molecule has 0 aromatic heterocycles. The molecule has 0 aliphatic rings. The van der Waals surface area contributed by atoms with Gasteiger partial charge in [-0.2, -0.15) is 0 Å². The van der Waals surface area contributed by atoms with Crippen molar-refractivity contribution in [3.8, 4) is 11.5 Å². The highest BCUT2D eigenvalue weighted by molar-refractivity contribution is 5.95. The van der Waals surface area contributed by atoms with E-state index in [1.165, 1.54) is 7.11 Å². The maximum absolute atomic E-state index is 13.6. The molecule has 4 aromatic rings. The van der Waals surface area contributed by atoms with E-state index in [4.69, 9.17) is 20.6 Å². The van der Waals surface area contributed by atoms with E-state index in [-0.39, 0.29) is 18.2 Å².